The van der Waals surface area contributed by atoms with Gasteiger partial charge in [-0.05, 0) is 91.2 Å². The minimum absolute atomic E-state index is 0.576. The van der Waals surface area contributed by atoms with E-state index < -0.39 is 0 Å². The predicted octanol–water partition coefficient (Wildman–Crippen LogP) is 5.28. The molecule has 0 radical (unpaired) electrons. The second-order valence-corrected chi connectivity index (χ2v) is 7.90. The van der Waals surface area contributed by atoms with Crippen molar-refractivity contribution in [1.29, 1.82) is 0 Å². The Labute approximate surface area is 124 Å². The second-order valence-electron chi connectivity index (χ2n) is 7.90. The molecule has 0 saturated heterocycles. The maximum Gasteiger partial charge on any atom is -0.00363 e. The standard InChI is InChI=1S/C20H28/c1-3-14-5-6-19(18(4-2)10-14)20-11-15-7-16(12-20)9-17(8-15)13-20/h5-6,10,15-17H,3-4,7-9,11-13H2,1-2H3. The first-order valence-electron chi connectivity index (χ1n) is 8.84. The molecule has 0 N–H and O–H groups in total. The van der Waals surface area contributed by atoms with Crippen LogP contribution in [0.3, 0.4) is 0 Å². The molecule has 4 fully saturated rings. The largest absolute Gasteiger partial charge is 0.0613 e. The Kier molecular flexibility index (Phi) is 2.98. The molecule has 4 saturated carbocycles. The van der Waals surface area contributed by atoms with Crippen LogP contribution >= 0.6 is 0 Å². The SMILES string of the molecule is CCc1ccc(C23CC4CC(CC(C4)C2)C3)c(CC)c1. The molecule has 1 aromatic rings. The van der Waals surface area contributed by atoms with E-state index in [-0.39, 0.29) is 0 Å². The third-order valence-electron chi connectivity index (χ3n) is 6.57. The molecule has 4 bridgehead atoms. The maximum absolute atomic E-state index is 2.52. The Hall–Kier alpha value is -0.780. The molecular formula is C20H28. The highest BCUT2D eigenvalue weighted by atomic mass is 14.6. The zero-order chi connectivity index (χ0) is 13.7. The molecule has 4 aliphatic carbocycles. The fourth-order valence-electron chi connectivity index (χ4n) is 6.12. The Balaban J connectivity index is 1.76. The van der Waals surface area contributed by atoms with Crippen LogP contribution in [0.1, 0.15) is 69.1 Å². The minimum atomic E-state index is 0.576. The van der Waals surface area contributed by atoms with Crippen LogP contribution in [0.2, 0.25) is 0 Å². The van der Waals surface area contributed by atoms with Gasteiger partial charge in [0.05, 0.1) is 0 Å². The molecule has 0 unspecified atom stereocenters. The van der Waals surface area contributed by atoms with Crippen molar-refractivity contribution in [1.82, 2.24) is 0 Å². The Morgan fingerprint density at radius 1 is 0.900 bits per heavy atom. The van der Waals surface area contributed by atoms with Crippen LogP contribution in [-0.2, 0) is 18.3 Å². The molecule has 0 heterocycles. The van der Waals surface area contributed by atoms with E-state index >= 15 is 0 Å². The molecule has 0 amide bonds. The van der Waals surface area contributed by atoms with Crippen molar-refractivity contribution in [2.45, 2.75) is 70.6 Å². The Morgan fingerprint density at radius 2 is 1.50 bits per heavy atom. The maximum atomic E-state index is 2.52. The lowest BCUT2D eigenvalue weighted by atomic mass is 9.47. The topological polar surface area (TPSA) is 0 Å². The summed E-state index contributed by atoms with van der Waals surface area (Å²) in [5.74, 6) is 3.16. The minimum Gasteiger partial charge on any atom is -0.0613 e. The smallest absolute Gasteiger partial charge is 0.00363 e. The summed E-state index contributed by atoms with van der Waals surface area (Å²) in [6.07, 6.45) is 11.5. The molecule has 1 aromatic carbocycles. The summed E-state index contributed by atoms with van der Waals surface area (Å²) < 4.78 is 0. The molecule has 0 spiro atoms. The van der Waals surface area contributed by atoms with E-state index in [0.29, 0.717) is 5.41 Å². The highest BCUT2D eigenvalue weighted by molar-refractivity contribution is 5.39. The van der Waals surface area contributed by atoms with Gasteiger partial charge >= 0.3 is 0 Å². The quantitative estimate of drug-likeness (QED) is 0.699. The van der Waals surface area contributed by atoms with Crippen LogP contribution in [0.25, 0.3) is 0 Å². The molecule has 0 aromatic heterocycles. The summed E-state index contributed by atoms with van der Waals surface area (Å²) in [4.78, 5) is 0. The van der Waals surface area contributed by atoms with Gasteiger partial charge in [0.2, 0.25) is 0 Å². The number of benzene rings is 1. The van der Waals surface area contributed by atoms with Crippen molar-refractivity contribution in [3.63, 3.8) is 0 Å². The van der Waals surface area contributed by atoms with Gasteiger partial charge in [0.15, 0.2) is 0 Å². The molecule has 0 aliphatic heterocycles. The summed E-state index contributed by atoms with van der Waals surface area (Å²) in [5, 5.41) is 0. The molecule has 0 atom stereocenters. The van der Waals surface area contributed by atoms with Gasteiger partial charge in [-0.2, -0.15) is 0 Å². The first-order valence-corrected chi connectivity index (χ1v) is 8.84. The Morgan fingerprint density at radius 3 is 2.00 bits per heavy atom. The zero-order valence-electron chi connectivity index (χ0n) is 13.1. The van der Waals surface area contributed by atoms with Crippen LogP contribution in [0.5, 0.6) is 0 Å². The second kappa shape index (κ2) is 4.61. The highest BCUT2D eigenvalue weighted by Crippen LogP contribution is 2.61. The lowest BCUT2D eigenvalue weighted by Crippen LogP contribution is -2.48. The van der Waals surface area contributed by atoms with Crippen LogP contribution in [0.15, 0.2) is 18.2 Å². The van der Waals surface area contributed by atoms with E-state index in [1.54, 1.807) is 30.4 Å². The average molecular weight is 268 g/mol. The van der Waals surface area contributed by atoms with Crippen molar-refractivity contribution < 1.29 is 0 Å². The van der Waals surface area contributed by atoms with Crippen molar-refractivity contribution in [2.75, 3.05) is 0 Å². The monoisotopic (exact) mass is 268 g/mol. The number of hydrogen-bond donors (Lipinski definition) is 0. The van der Waals surface area contributed by atoms with Gasteiger partial charge in [-0.3, -0.25) is 0 Å². The van der Waals surface area contributed by atoms with Crippen LogP contribution in [-0.4, -0.2) is 0 Å². The fraction of sp³-hybridized carbons (Fsp3) is 0.700. The first-order chi connectivity index (χ1) is 9.72. The normalized spacial score (nSPS) is 38.4. The van der Waals surface area contributed by atoms with E-state index in [2.05, 4.69) is 32.0 Å². The van der Waals surface area contributed by atoms with Gasteiger partial charge in [-0.25, -0.2) is 0 Å². The summed E-state index contributed by atoms with van der Waals surface area (Å²) in [7, 11) is 0. The van der Waals surface area contributed by atoms with Crippen molar-refractivity contribution in [3.05, 3.63) is 34.9 Å². The molecule has 0 heteroatoms. The number of rotatable bonds is 3. The molecular weight excluding hydrogens is 240 g/mol. The average Bonchev–Trinajstić information content (AvgIpc) is 2.45. The summed E-state index contributed by atoms with van der Waals surface area (Å²) in [6.45, 7) is 4.62. The van der Waals surface area contributed by atoms with E-state index in [0.717, 1.165) is 17.8 Å². The van der Waals surface area contributed by atoms with Crippen molar-refractivity contribution in [3.8, 4) is 0 Å². The van der Waals surface area contributed by atoms with Gasteiger partial charge in [-0.15, -0.1) is 0 Å². The van der Waals surface area contributed by atoms with Crippen LogP contribution in [0.4, 0.5) is 0 Å². The van der Waals surface area contributed by atoms with Crippen molar-refractivity contribution >= 4 is 0 Å². The van der Waals surface area contributed by atoms with Crippen molar-refractivity contribution in [2.24, 2.45) is 17.8 Å². The van der Waals surface area contributed by atoms with Gasteiger partial charge in [0.25, 0.3) is 0 Å². The van der Waals surface area contributed by atoms with E-state index in [1.165, 1.54) is 37.7 Å². The molecule has 108 valence electrons. The van der Waals surface area contributed by atoms with Gasteiger partial charge in [-0.1, -0.05) is 32.0 Å². The van der Waals surface area contributed by atoms with E-state index in [4.69, 9.17) is 0 Å². The molecule has 0 nitrogen and oxygen atoms in total. The van der Waals surface area contributed by atoms with Gasteiger partial charge in [0, 0.05) is 0 Å². The third-order valence-corrected chi connectivity index (χ3v) is 6.57. The lowest BCUT2D eigenvalue weighted by molar-refractivity contribution is -0.00556. The number of aryl methyl sites for hydroxylation is 2. The molecule has 4 aliphatic rings. The fourth-order valence-corrected chi connectivity index (χ4v) is 6.12. The number of hydrogen-bond acceptors (Lipinski definition) is 0. The summed E-state index contributed by atoms with van der Waals surface area (Å²) >= 11 is 0. The zero-order valence-corrected chi connectivity index (χ0v) is 13.1. The summed E-state index contributed by atoms with van der Waals surface area (Å²) in [6, 6.07) is 7.44. The first kappa shape index (κ1) is 12.9. The molecule has 5 rings (SSSR count). The lowest BCUT2D eigenvalue weighted by Gasteiger charge is -2.57. The van der Waals surface area contributed by atoms with E-state index in [9.17, 15) is 0 Å². The third kappa shape index (κ3) is 1.87. The highest BCUT2D eigenvalue weighted by Gasteiger charge is 2.51. The van der Waals surface area contributed by atoms with Gasteiger partial charge < -0.3 is 0 Å². The molecule has 20 heavy (non-hydrogen) atoms. The summed E-state index contributed by atoms with van der Waals surface area (Å²) in [5.41, 5.74) is 5.50. The predicted molar refractivity (Wildman–Crippen MR) is 85.0 cm³/mol. The van der Waals surface area contributed by atoms with Crippen LogP contribution < -0.4 is 0 Å². The van der Waals surface area contributed by atoms with Crippen LogP contribution in [0, 0.1) is 17.8 Å². The van der Waals surface area contributed by atoms with E-state index in [1.807, 2.05) is 0 Å². The van der Waals surface area contributed by atoms with Gasteiger partial charge in [0.1, 0.15) is 0 Å². The Bertz CT molecular complexity index is 475.